The third kappa shape index (κ3) is 6.17. The Morgan fingerprint density at radius 2 is 2.06 bits per heavy atom. The molecule has 0 heterocycles. The quantitative estimate of drug-likeness (QED) is 0.823. The van der Waals surface area contributed by atoms with Crippen molar-refractivity contribution in [2.24, 2.45) is 0 Å². The fourth-order valence-corrected chi connectivity index (χ4v) is 2.76. The molecule has 18 heavy (non-hydrogen) atoms. The topological polar surface area (TPSA) is 46.2 Å². The van der Waals surface area contributed by atoms with Gasteiger partial charge in [0, 0.05) is 18.1 Å². The van der Waals surface area contributed by atoms with Crippen molar-refractivity contribution in [3.05, 3.63) is 35.4 Å². The molecule has 1 N–H and O–H groups in total. The van der Waals surface area contributed by atoms with Gasteiger partial charge in [-0.3, -0.25) is 0 Å². The molecule has 1 atom stereocenters. The van der Waals surface area contributed by atoms with Crippen molar-refractivity contribution in [1.82, 2.24) is 5.32 Å². The van der Waals surface area contributed by atoms with Gasteiger partial charge in [0.25, 0.3) is 0 Å². The molecule has 4 heteroatoms. The Balaban J connectivity index is 2.47. The van der Waals surface area contributed by atoms with Gasteiger partial charge >= 0.3 is 0 Å². The van der Waals surface area contributed by atoms with E-state index in [1.54, 1.807) is 0 Å². The van der Waals surface area contributed by atoms with Crippen LogP contribution in [0.3, 0.4) is 0 Å². The Bertz CT molecular complexity index is 468. The van der Waals surface area contributed by atoms with E-state index in [1.807, 2.05) is 7.05 Å². The van der Waals surface area contributed by atoms with Crippen LogP contribution >= 0.6 is 0 Å². The minimum atomic E-state index is -2.84. The molecular formula is C14H23NO2S. The fourth-order valence-electron chi connectivity index (χ4n) is 2.06. The van der Waals surface area contributed by atoms with E-state index in [0.29, 0.717) is 6.04 Å². The molecule has 1 aromatic carbocycles. The Morgan fingerprint density at radius 1 is 1.33 bits per heavy atom. The Hall–Kier alpha value is -0.870. The van der Waals surface area contributed by atoms with E-state index in [0.717, 1.165) is 19.3 Å². The summed E-state index contributed by atoms with van der Waals surface area (Å²) >= 11 is 0. The largest absolute Gasteiger partial charge is 0.317 e. The normalized spacial score (nSPS) is 13.5. The first-order valence-corrected chi connectivity index (χ1v) is 8.37. The highest BCUT2D eigenvalue weighted by atomic mass is 32.2. The van der Waals surface area contributed by atoms with Crippen LogP contribution in [0.1, 0.15) is 24.0 Å². The molecule has 0 spiro atoms. The third-order valence-corrected chi connectivity index (χ3v) is 4.07. The first-order chi connectivity index (χ1) is 8.40. The molecule has 0 aliphatic carbocycles. The molecule has 102 valence electrons. The lowest BCUT2D eigenvalue weighted by molar-refractivity contribution is 0.511. The molecule has 3 nitrogen and oxygen atoms in total. The van der Waals surface area contributed by atoms with E-state index < -0.39 is 9.84 Å². The zero-order valence-electron chi connectivity index (χ0n) is 11.4. The molecule has 0 aromatic heterocycles. The molecule has 0 fully saturated rings. The van der Waals surface area contributed by atoms with Crippen molar-refractivity contribution < 1.29 is 8.42 Å². The van der Waals surface area contributed by atoms with Crippen molar-refractivity contribution in [2.75, 3.05) is 19.1 Å². The van der Waals surface area contributed by atoms with E-state index in [-0.39, 0.29) is 5.75 Å². The summed E-state index contributed by atoms with van der Waals surface area (Å²) in [6.45, 7) is 2.08. The molecule has 1 rings (SSSR count). The third-order valence-electron chi connectivity index (χ3n) is 3.04. The van der Waals surface area contributed by atoms with Crippen LogP contribution in [0.25, 0.3) is 0 Å². The monoisotopic (exact) mass is 269 g/mol. The number of nitrogens with one attached hydrogen (secondary N) is 1. The van der Waals surface area contributed by atoms with Crippen LogP contribution < -0.4 is 5.32 Å². The molecule has 0 amide bonds. The van der Waals surface area contributed by atoms with Crippen LogP contribution in [0.5, 0.6) is 0 Å². The summed E-state index contributed by atoms with van der Waals surface area (Å²) < 4.78 is 22.2. The van der Waals surface area contributed by atoms with Gasteiger partial charge in [0.2, 0.25) is 0 Å². The van der Waals surface area contributed by atoms with E-state index in [4.69, 9.17) is 0 Å². The summed E-state index contributed by atoms with van der Waals surface area (Å²) in [5, 5.41) is 3.26. The lowest BCUT2D eigenvalue weighted by Gasteiger charge is -2.16. The summed E-state index contributed by atoms with van der Waals surface area (Å²) in [6, 6.07) is 8.79. The van der Waals surface area contributed by atoms with Crippen molar-refractivity contribution in [2.45, 2.75) is 32.2 Å². The fraction of sp³-hybridized carbons (Fsp3) is 0.571. The highest BCUT2D eigenvalue weighted by molar-refractivity contribution is 7.90. The highest BCUT2D eigenvalue weighted by Crippen LogP contribution is 2.10. The van der Waals surface area contributed by atoms with Crippen LogP contribution in [-0.4, -0.2) is 33.5 Å². The standard InChI is InChI=1S/C14H23NO2S/c1-12-6-4-7-13(10-12)11-14(15-2)8-5-9-18(3,16)17/h4,6-7,10,14-15H,5,8-9,11H2,1-3H3. The van der Waals surface area contributed by atoms with Crippen molar-refractivity contribution in [3.8, 4) is 0 Å². The molecule has 0 radical (unpaired) electrons. The van der Waals surface area contributed by atoms with Gasteiger partial charge in [-0.05, 0) is 38.8 Å². The second kappa shape index (κ2) is 6.90. The SMILES string of the molecule is CNC(CCCS(C)(=O)=O)Cc1cccc(C)c1. The van der Waals surface area contributed by atoms with Crippen LogP contribution in [0.2, 0.25) is 0 Å². The summed E-state index contributed by atoms with van der Waals surface area (Å²) in [6.07, 6.45) is 3.84. The summed E-state index contributed by atoms with van der Waals surface area (Å²) in [7, 11) is -0.904. The van der Waals surface area contributed by atoms with Crippen LogP contribution in [0.15, 0.2) is 24.3 Å². The Labute approximate surface area is 111 Å². The van der Waals surface area contributed by atoms with Crippen molar-refractivity contribution in [1.29, 1.82) is 0 Å². The lowest BCUT2D eigenvalue weighted by atomic mass is 10.0. The molecule has 0 aliphatic rings. The first kappa shape index (κ1) is 15.2. The van der Waals surface area contributed by atoms with Crippen LogP contribution in [0.4, 0.5) is 0 Å². The van der Waals surface area contributed by atoms with Crippen molar-refractivity contribution >= 4 is 9.84 Å². The zero-order valence-corrected chi connectivity index (χ0v) is 12.3. The molecule has 0 aliphatic heterocycles. The number of sulfone groups is 1. The number of likely N-dealkylation sites (N-methyl/N-ethyl adjacent to an activating group) is 1. The van der Waals surface area contributed by atoms with Gasteiger partial charge in [0.15, 0.2) is 0 Å². The predicted octanol–water partition coefficient (Wildman–Crippen LogP) is 1.95. The lowest BCUT2D eigenvalue weighted by Crippen LogP contribution is -2.28. The van der Waals surface area contributed by atoms with Crippen LogP contribution in [-0.2, 0) is 16.3 Å². The summed E-state index contributed by atoms with van der Waals surface area (Å²) in [5.41, 5.74) is 2.56. The van der Waals surface area contributed by atoms with Gasteiger partial charge in [-0.1, -0.05) is 29.8 Å². The summed E-state index contributed by atoms with van der Waals surface area (Å²) in [5.74, 6) is 0.277. The predicted molar refractivity (Wildman–Crippen MR) is 76.7 cm³/mol. The second-order valence-corrected chi connectivity index (χ2v) is 7.21. The molecular weight excluding hydrogens is 246 g/mol. The number of hydrogen-bond donors (Lipinski definition) is 1. The number of benzene rings is 1. The van der Waals surface area contributed by atoms with Gasteiger partial charge in [-0.15, -0.1) is 0 Å². The molecule has 0 bridgehead atoms. The summed E-state index contributed by atoms with van der Waals surface area (Å²) in [4.78, 5) is 0. The smallest absolute Gasteiger partial charge is 0.147 e. The maximum Gasteiger partial charge on any atom is 0.147 e. The average molecular weight is 269 g/mol. The van der Waals surface area contributed by atoms with E-state index in [9.17, 15) is 8.42 Å². The highest BCUT2D eigenvalue weighted by Gasteiger charge is 2.09. The zero-order chi connectivity index (χ0) is 13.6. The minimum Gasteiger partial charge on any atom is -0.317 e. The maximum absolute atomic E-state index is 11.1. The minimum absolute atomic E-state index is 0.277. The van der Waals surface area contributed by atoms with E-state index in [2.05, 4.69) is 36.5 Å². The Kier molecular flexibility index (Phi) is 5.82. The molecule has 0 saturated carbocycles. The van der Waals surface area contributed by atoms with Gasteiger partial charge in [-0.25, -0.2) is 8.42 Å². The second-order valence-electron chi connectivity index (χ2n) is 4.95. The Morgan fingerprint density at radius 3 is 2.61 bits per heavy atom. The van der Waals surface area contributed by atoms with E-state index >= 15 is 0 Å². The van der Waals surface area contributed by atoms with Gasteiger partial charge in [-0.2, -0.15) is 0 Å². The number of aryl methyl sites for hydroxylation is 1. The molecule has 1 unspecified atom stereocenters. The first-order valence-electron chi connectivity index (χ1n) is 6.31. The number of hydrogen-bond acceptors (Lipinski definition) is 3. The van der Waals surface area contributed by atoms with Gasteiger partial charge in [0.05, 0.1) is 0 Å². The van der Waals surface area contributed by atoms with Gasteiger partial charge < -0.3 is 5.32 Å². The molecule has 1 aromatic rings. The number of rotatable bonds is 7. The van der Waals surface area contributed by atoms with Gasteiger partial charge in [0.1, 0.15) is 9.84 Å². The van der Waals surface area contributed by atoms with E-state index in [1.165, 1.54) is 17.4 Å². The average Bonchev–Trinajstić information content (AvgIpc) is 2.26. The maximum atomic E-state index is 11.1. The van der Waals surface area contributed by atoms with Crippen molar-refractivity contribution in [3.63, 3.8) is 0 Å². The molecule has 0 saturated heterocycles. The van der Waals surface area contributed by atoms with Crippen LogP contribution in [0, 0.1) is 6.92 Å².